The lowest BCUT2D eigenvalue weighted by Crippen LogP contribution is -2.41. The number of carbonyl (C=O) groups excluding carboxylic acids is 1. The summed E-state index contributed by atoms with van der Waals surface area (Å²) in [6.45, 7) is 5.24. The third-order valence-electron chi connectivity index (χ3n) is 8.91. The van der Waals surface area contributed by atoms with Gasteiger partial charge in [-0.3, -0.25) is 4.79 Å². The molecule has 0 N–H and O–H groups in total. The molecule has 1 amide bonds. The molecular weight excluding hydrogens is 504 g/mol. The second-order valence-electron chi connectivity index (χ2n) is 11.6. The van der Waals surface area contributed by atoms with Crippen LogP contribution in [0.4, 0.5) is 5.69 Å². The molecule has 3 aromatic rings. The standard InChI is InChI=1S/C33H42N2O3S/c1-22-8-12-26(13-9-22)32(36)35(29-7-5-6-28(19-29)31-20-34-33(38-4)39-31)21-24-10-14-25(15-11-24)27-16-17-30(37-3)23(2)18-27/h5-7,16-20,22,24-26H,8-15,21H2,1-4H3. The molecular formula is C33H42N2O3S. The summed E-state index contributed by atoms with van der Waals surface area (Å²) in [5.41, 5.74) is 4.72. The summed E-state index contributed by atoms with van der Waals surface area (Å²) in [7, 11) is 3.38. The van der Waals surface area contributed by atoms with Gasteiger partial charge in [0.05, 0.1) is 19.1 Å². The number of hydrogen-bond acceptors (Lipinski definition) is 5. The number of benzene rings is 2. The van der Waals surface area contributed by atoms with Crippen molar-refractivity contribution in [3.8, 4) is 21.4 Å². The van der Waals surface area contributed by atoms with E-state index in [1.54, 1.807) is 14.2 Å². The van der Waals surface area contributed by atoms with E-state index >= 15 is 0 Å². The highest BCUT2D eigenvalue weighted by Gasteiger charge is 2.32. The topological polar surface area (TPSA) is 51.7 Å². The van der Waals surface area contributed by atoms with Crippen molar-refractivity contribution in [3.05, 3.63) is 59.8 Å². The molecule has 0 bridgehead atoms. The van der Waals surface area contributed by atoms with Crippen LogP contribution in [-0.2, 0) is 4.79 Å². The van der Waals surface area contributed by atoms with Crippen LogP contribution in [0.1, 0.15) is 75.3 Å². The molecule has 1 heterocycles. The Morgan fingerprint density at radius 3 is 2.41 bits per heavy atom. The van der Waals surface area contributed by atoms with Crippen LogP contribution in [0.5, 0.6) is 10.9 Å². The van der Waals surface area contributed by atoms with E-state index < -0.39 is 0 Å². The van der Waals surface area contributed by atoms with Crippen molar-refractivity contribution in [2.75, 3.05) is 25.7 Å². The predicted molar refractivity (Wildman–Crippen MR) is 160 cm³/mol. The van der Waals surface area contributed by atoms with Gasteiger partial charge in [-0.2, -0.15) is 0 Å². The van der Waals surface area contributed by atoms with Crippen molar-refractivity contribution < 1.29 is 14.3 Å². The number of carbonyl (C=O) groups is 1. The maximum atomic E-state index is 14.0. The summed E-state index contributed by atoms with van der Waals surface area (Å²) in [6.07, 6.45) is 10.8. The Morgan fingerprint density at radius 1 is 0.974 bits per heavy atom. The molecule has 39 heavy (non-hydrogen) atoms. The predicted octanol–water partition coefficient (Wildman–Crippen LogP) is 8.27. The Kier molecular flexibility index (Phi) is 8.91. The molecule has 2 aliphatic carbocycles. The van der Waals surface area contributed by atoms with E-state index in [-0.39, 0.29) is 5.92 Å². The zero-order chi connectivity index (χ0) is 27.4. The Hall–Kier alpha value is -2.86. The van der Waals surface area contributed by atoms with Crippen LogP contribution in [0.3, 0.4) is 0 Å². The molecule has 2 aliphatic rings. The fraction of sp³-hybridized carbons (Fsp3) is 0.515. The number of hydrogen-bond donors (Lipinski definition) is 0. The summed E-state index contributed by atoms with van der Waals surface area (Å²) in [4.78, 5) is 21.6. The van der Waals surface area contributed by atoms with Gasteiger partial charge in [-0.25, -0.2) is 4.98 Å². The summed E-state index contributed by atoms with van der Waals surface area (Å²) < 4.78 is 10.8. The van der Waals surface area contributed by atoms with Crippen molar-refractivity contribution in [1.29, 1.82) is 0 Å². The van der Waals surface area contributed by atoms with Gasteiger partial charge in [0.2, 0.25) is 5.91 Å². The number of anilines is 1. The highest BCUT2D eigenvalue weighted by atomic mass is 32.1. The minimum atomic E-state index is 0.131. The molecule has 2 saturated carbocycles. The second kappa shape index (κ2) is 12.5. The zero-order valence-corrected chi connectivity index (χ0v) is 24.6. The van der Waals surface area contributed by atoms with Crippen molar-refractivity contribution in [2.45, 2.75) is 71.1 Å². The van der Waals surface area contributed by atoms with Crippen molar-refractivity contribution in [3.63, 3.8) is 0 Å². The lowest BCUT2D eigenvalue weighted by atomic mass is 9.78. The first-order chi connectivity index (χ1) is 18.9. The number of amides is 1. The Morgan fingerprint density at radius 2 is 1.74 bits per heavy atom. The Bertz CT molecular complexity index is 1260. The van der Waals surface area contributed by atoms with Crippen LogP contribution >= 0.6 is 11.3 Å². The average Bonchev–Trinajstić information content (AvgIpc) is 3.46. The summed E-state index contributed by atoms with van der Waals surface area (Å²) in [5.74, 6) is 3.22. The Labute approximate surface area is 237 Å². The first kappa shape index (κ1) is 27.7. The molecule has 6 heteroatoms. The van der Waals surface area contributed by atoms with Crippen LogP contribution in [0.25, 0.3) is 10.4 Å². The fourth-order valence-corrected chi connectivity index (χ4v) is 7.18. The fourth-order valence-electron chi connectivity index (χ4n) is 6.46. The van der Waals surface area contributed by atoms with Gasteiger partial charge in [-0.1, -0.05) is 42.5 Å². The van der Waals surface area contributed by atoms with E-state index in [0.29, 0.717) is 22.9 Å². The minimum absolute atomic E-state index is 0.131. The van der Waals surface area contributed by atoms with E-state index in [1.807, 2.05) is 6.20 Å². The maximum absolute atomic E-state index is 14.0. The third-order valence-corrected chi connectivity index (χ3v) is 9.92. The van der Waals surface area contributed by atoms with E-state index in [4.69, 9.17) is 9.47 Å². The lowest BCUT2D eigenvalue weighted by Gasteiger charge is -2.36. The van der Waals surface area contributed by atoms with Crippen LogP contribution in [0.2, 0.25) is 0 Å². The van der Waals surface area contributed by atoms with Crippen molar-refractivity contribution >= 4 is 22.9 Å². The van der Waals surface area contributed by atoms with Gasteiger partial charge in [-0.15, -0.1) is 0 Å². The van der Waals surface area contributed by atoms with Crippen molar-refractivity contribution in [1.82, 2.24) is 4.98 Å². The van der Waals surface area contributed by atoms with Gasteiger partial charge in [0.1, 0.15) is 5.75 Å². The molecule has 5 nitrogen and oxygen atoms in total. The van der Waals surface area contributed by atoms with E-state index in [0.717, 1.165) is 72.9 Å². The number of rotatable bonds is 8. The molecule has 0 aliphatic heterocycles. The molecule has 1 aromatic heterocycles. The number of aryl methyl sites for hydroxylation is 1. The van der Waals surface area contributed by atoms with Gasteiger partial charge in [-0.05, 0) is 111 Å². The Balaban J connectivity index is 1.33. The van der Waals surface area contributed by atoms with Gasteiger partial charge in [0.15, 0.2) is 0 Å². The smallest absolute Gasteiger partial charge is 0.273 e. The number of methoxy groups -OCH3 is 2. The zero-order valence-electron chi connectivity index (χ0n) is 23.8. The molecule has 0 unspecified atom stereocenters. The molecule has 2 aromatic carbocycles. The lowest BCUT2D eigenvalue weighted by molar-refractivity contribution is -0.123. The van der Waals surface area contributed by atoms with E-state index in [9.17, 15) is 4.79 Å². The molecule has 0 spiro atoms. The van der Waals surface area contributed by atoms with Crippen LogP contribution < -0.4 is 14.4 Å². The number of aromatic nitrogens is 1. The summed E-state index contributed by atoms with van der Waals surface area (Å²) in [6, 6.07) is 15.1. The van der Waals surface area contributed by atoms with Crippen LogP contribution in [0, 0.1) is 24.7 Å². The highest BCUT2D eigenvalue weighted by Crippen LogP contribution is 2.40. The molecule has 0 radical (unpaired) electrons. The average molecular weight is 547 g/mol. The molecule has 0 saturated heterocycles. The molecule has 2 fully saturated rings. The van der Waals surface area contributed by atoms with E-state index in [1.165, 1.54) is 35.3 Å². The largest absolute Gasteiger partial charge is 0.496 e. The first-order valence-corrected chi connectivity index (χ1v) is 15.3. The van der Waals surface area contributed by atoms with E-state index in [2.05, 4.69) is 66.2 Å². The van der Waals surface area contributed by atoms with Crippen molar-refractivity contribution in [2.24, 2.45) is 17.8 Å². The van der Waals surface area contributed by atoms with Gasteiger partial charge in [0.25, 0.3) is 5.19 Å². The van der Waals surface area contributed by atoms with Crippen LogP contribution in [-0.4, -0.2) is 31.7 Å². The quantitative estimate of drug-likeness (QED) is 0.285. The third kappa shape index (κ3) is 6.49. The number of nitrogens with zero attached hydrogens (tertiary/aromatic N) is 2. The second-order valence-corrected chi connectivity index (χ2v) is 12.6. The SMILES string of the molecule is COc1ncc(-c2cccc(N(CC3CCC(c4ccc(OC)c(C)c4)CC3)C(=O)C3CCC(C)CC3)c2)s1. The van der Waals surface area contributed by atoms with Gasteiger partial charge in [0, 0.05) is 24.3 Å². The number of thiazole rings is 1. The van der Waals surface area contributed by atoms with Crippen LogP contribution in [0.15, 0.2) is 48.7 Å². The van der Waals surface area contributed by atoms with Gasteiger partial charge >= 0.3 is 0 Å². The summed E-state index contributed by atoms with van der Waals surface area (Å²) in [5, 5.41) is 0.656. The number of ether oxygens (including phenoxy) is 2. The maximum Gasteiger partial charge on any atom is 0.273 e. The minimum Gasteiger partial charge on any atom is -0.496 e. The molecule has 0 atom stereocenters. The monoisotopic (exact) mass is 546 g/mol. The normalized spacial score (nSPS) is 23.3. The highest BCUT2D eigenvalue weighted by molar-refractivity contribution is 7.16. The first-order valence-electron chi connectivity index (χ1n) is 14.5. The summed E-state index contributed by atoms with van der Waals surface area (Å²) >= 11 is 1.54. The van der Waals surface area contributed by atoms with Gasteiger partial charge < -0.3 is 14.4 Å². The molecule has 5 rings (SSSR count). The molecule has 208 valence electrons.